The third-order valence-corrected chi connectivity index (χ3v) is 3.29. The number of hydrogen-bond donors (Lipinski definition) is 2. The number of nitrogens with one attached hydrogen (secondary N) is 1. The van der Waals surface area contributed by atoms with Crippen LogP contribution in [0.25, 0.3) is 0 Å². The minimum atomic E-state index is 0.131. The van der Waals surface area contributed by atoms with E-state index in [-0.39, 0.29) is 10.7 Å². The number of nitrogen functional groups attached to an aromatic ring is 1. The van der Waals surface area contributed by atoms with Gasteiger partial charge in [-0.15, -0.1) is 0 Å². The van der Waals surface area contributed by atoms with Gasteiger partial charge in [-0.25, -0.2) is 4.98 Å². The fourth-order valence-electron chi connectivity index (χ4n) is 1.83. The van der Waals surface area contributed by atoms with Crippen molar-refractivity contribution in [2.24, 2.45) is 0 Å². The summed E-state index contributed by atoms with van der Waals surface area (Å²) >= 11 is 5.86. The third kappa shape index (κ3) is 3.20. The number of nitrogens with two attached hydrogens (primary N) is 1. The highest BCUT2D eigenvalue weighted by Gasteiger charge is 2.13. The zero-order valence-electron chi connectivity index (χ0n) is 12.2. The Morgan fingerprint density at radius 3 is 2.25 bits per heavy atom. The second kappa shape index (κ2) is 5.29. The molecule has 3 N–H and O–H groups in total. The highest BCUT2D eigenvalue weighted by Crippen LogP contribution is 2.27. The van der Waals surface area contributed by atoms with Crippen molar-refractivity contribution >= 4 is 28.8 Å². The number of hydrogen-bond acceptors (Lipinski definition) is 4. The molecular formula is C15H19ClN4. The monoisotopic (exact) mass is 290 g/mol. The standard InChI is InChI=1S/C15H19ClN4/c1-9-12(17)13(20-14(16)18-9)19-11-7-5-10(6-8-11)15(2,3)4/h5-8H,17H2,1-4H3,(H,18,19,20). The maximum Gasteiger partial charge on any atom is 0.224 e. The summed E-state index contributed by atoms with van der Waals surface area (Å²) in [5.41, 5.74) is 9.44. The molecule has 0 unspecified atom stereocenters. The topological polar surface area (TPSA) is 63.8 Å². The van der Waals surface area contributed by atoms with E-state index in [0.717, 1.165) is 5.69 Å². The molecule has 0 atom stereocenters. The summed E-state index contributed by atoms with van der Waals surface area (Å²) in [6.07, 6.45) is 0. The molecule has 1 aromatic carbocycles. The van der Waals surface area contributed by atoms with Crippen molar-refractivity contribution in [3.8, 4) is 0 Å². The fraction of sp³-hybridized carbons (Fsp3) is 0.333. The van der Waals surface area contributed by atoms with E-state index in [0.29, 0.717) is 17.2 Å². The molecule has 5 heteroatoms. The molecule has 2 rings (SSSR count). The average molecular weight is 291 g/mol. The molecule has 1 heterocycles. The second-order valence-corrected chi connectivity index (χ2v) is 6.13. The molecule has 0 bridgehead atoms. The summed E-state index contributed by atoms with van der Waals surface area (Å²) in [6.45, 7) is 8.35. The summed E-state index contributed by atoms with van der Waals surface area (Å²) in [5.74, 6) is 0.533. The Kier molecular flexibility index (Phi) is 3.86. The van der Waals surface area contributed by atoms with Crippen LogP contribution in [0.3, 0.4) is 0 Å². The van der Waals surface area contributed by atoms with E-state index in [9.17, 15) is 0 Å². The Balaban J connectivity index is 2.27. The summed E-state index contributed by atoms with van der Waals surface area (Å²) in [4.78, 5) is 8.13. The highest BCUT2D eigenvalue weighted by molar-refractivity contribution is 6.28. The van der Waals surface area contributed by atoms with E-state index >= 15 is 0 Å². The smallest absolute Gasteiger partial charge is 0.224 e. The molecule has 0 radical (unpaired) electrons. The van der Waals surface area contributed by atoms with Gasteiger partial charge < -0.3 is 11.1 Å². The third-order valence-electron chi connectivity index (χ3n) is 3.12. The van der Waals surface area contributed by atoms with Gasteiger partial charge in [0.15, 0.2) is 5.82 Å². The molecule has 2 aromatic rings. The van der Waals surface area contributed by atoms with Crippen molar-refractivity contribution < 1.29 is 0 Å². The van der Waals surface area contributed by atoms with Gasteiger partial charge in [0.1, 0.15) is 0 Å². The lowest BCUT2D eigenvalue weighted by atomic mass is 9.87. The number of anilines is 3. The van der Waals surface area contributed by atoms with Gasteiger partial charge in [-0.3, -0.25) is 0 Å². The summed E-state index contributed by atoms with van der Waals surface area (Å²) in [6, 6.07) is 8.19. The zero-order valence-corrected chi connectivity index (χ0v) is 12.9. The van der Waals surface area contributed by atoms with Gasteiger partial charge in [0, 0.05) is 5.69 Å². The van der Waals surface area contributed by atoms with Crippen LogP contribution in [0.15, 0.2) is 24.3 Å². The van der Waals surface area contributed by atoms with Crippen LogP contribution in [0.5, 0.6) is 0 Å². The Morgan fingerprint density at radius 1 is 1.10 bits per heavy atom. The molecule has 0 aliphatic carbocycles. The highest BCUT2D eigenvalue weighted by atomic mass is 35.5. The number of aromatic nitrogens is 2. The van der Waals surface area contributed by atoms with E-state index < -0.39 is 0 Å². The van der Waals surface area contributed by atoms with E-state index in [2.05, 4.69) is 48.2 Å². The maximum atomic E-state index is 5.95. The predicted octanol–water partition coefficient (Wildman–Crippen LogP) is 4.06. The van der Waals surface area contributed by atoms with E-state index in [1.807, 2.05) is 12.1 Å². The van der Waals surface area contributed by atoms with Gasteiger partial charge >= 0.3 is 0 Å². The van der Waals surface area contributed by atoms with Gasteiger partial charge in [0.25, 0.3) is 0 Å². The van der Waals surface area contributed by atoms with Crippen LogP contribution in [0.1, 0.15) is 32.0 Å². The molecule has 20 heavy (non-hydrogen) atoms. The molecule has 0 saturated heterocycles. The predicted molar refractivity (Wildman–Crippen MR) is 84.6 cm³/mol. The van der Waals surface area contributed by atoms with E-state index in [4.69, 9.17) is 17.3 Å². The van der Waals surface area contributed by atoms with Crippen LogP contribution in [0.4, 0.5) is 17.2 Å². The lowest BCUT2D eigenvalue weighted by Gasteiger charge is -2.19. The van der Waals surface area contributed by atoms with Gasteiger partial charge in [0.2, 0.25) is 5.28 Å². The molecule has 0 amide bonds. The Bertz CT molecular complexity index is 615. The molecule has 0 spiro atoms. The van der Waals surface area contributed by atoms with E-state index in [1.54, 1.807) is 6.92 Å². The van der Waals surface area contributed by atoms with Crippen molar-refractivity contribution in [1.29, 1.82) is 0 Å². The first-order valence-corrected chi connectivity index (χ1v) is 6.82. The molecule has 4 nitrogen and oxygen atoms in total. The van der Waals surface area contributed by atoms with Crippen LogP contribution in [-0.4, -0.2) is 9.97 Å². The molecule has 0 fully saturated rings. The minimum absolute atomic E-state index is 0.131. The van der Waals surface area contributed by atoms with Crippen molar-refractivity contribution in [3.05, 3.63) is 40.8 Å². The van der Waals surface area contributed by atoms with Crippen LogP contribution >= 0.6 is 11.6 Å². The Morgan fingerprint density at radius 2 is 1.70 bits per heavy atom. The maximum absolute atomic E-state index is 5.95. The number of halogens is 1. The fourth-order valence-corrected chi connectivity index (χ4v) is 2.04. The SMILES string of the molecule is Cc1nc(Cl)nc(Nc2ccc(C(C)(C)C)cc2)c1N. The lowest BCUT2D eigenvalue weighted by Crippen LogP contribution is -2.10. The first-order chi connectivity index (χ1) is 9.27. The molecule has 0 aliphatic rings. The summed E-state index contributed by atoms with van der Waals surface area (Å²) < 4.78 is 0. The Hall–Kier alpha value is -1.81. The number of benzene rings is 1. The minimum Gasteiger partial charge on any atom is -0.394 e. The van der Waals surface area contributed by atoms with Crippen LogP contribution < -0.4 is 11.1 Å². The van der Waals surface area contributed by atoms with Crippen LogP contribution in [0, 0.1) is 6.92 Å². The number of nitrogens with zero attached hydrogens (tertiary/aromatic N) is 2. The molecule has 106 valence electrons. The Labute approximate surface area is 124 Å². The first-order valence-electron chi connectivity index (χ1n) is 6.44. The average Bonchev–Trinajstić information content (AvgIpc) is 2.35. The van der Waals surface area contributed by atoms with Gasteiger partial charge in [-0.1, -0.05) is 32.9 Å². The number of rotatable bonds is 2. The van der Waals surface area contributed by atoms with Gasteiger partial charge in [-0.05, 0) is 41.6 Å². The molecule has 1 aromatic heterocycles. The lowest BCUT2D eigenvalue weighted by molar-refractivity contribution is 0.590. The van der Waals surface area contributed by atoms with Gasteiger partial charge in [-0.2, -0.15) is 4.98 Å². The van der Waals surface area contributed by atoms with Crippen LogP contribution in [0.2, 0.25) is 5.28 Å². The molecule has 0 aliphatic heterocycles. The summed E-state index contributed by atoms with van der Waals surface area (Å²) in [5, 5.41) is 3.36. The quantitative estimate of drug-likeness (QED) is 0.819. The van der Waals surface area contributed by atoms with E-state index in [1.165, 1.54) is 5.56 Å². The van der Waals surface area contributed by atoms with Crippen molar-refractivity contribution in [1.82, 2.24) is 9.97 Å². The van der Waals surface area contributed by atoms with Crippen molar-refractivity contribution in [3.63, 3.8) is 0 Å². The van der Waals surface area contributed by atoms with Gasteiger partial charge in [0.05, 0.1) is 11.4 Å². The molecular weight excluding hydrogens is 272 g/mol. The zero-order chi connectivity index (χ0) is 14.9. The summed E-state index contributed by atoms with van der Waals surface area (Å²) in [7, 11) is 0. The second-order valence-electron chi connectivity index (χ2n) is 5.79. The molecule has 0 saturated carbocycles. The number of aryl methyl sites for hydroxylation is 1. The normalized spacial score (nSPS) is 11.4. The first kappa shape index (κ1) is 14.6. The van der Waals surface area contributed by atoms with Crippen molar-refractivity contribution in [2.45, 2.75) is 33.1 Å². The van der Waals surface area contributed by atoms with Crippen LogP contribution in [-0.2, 0) is 5.41 Å². The largest absolute Gasteiger partial charge is 0.394 e. The van der Waals surface area contributed by atoms with Crippen molar-refractivity contribution in [2.75, 3.05) is 11.1 Å².